The molecule has 1 aliphatic heterocycles. The smallest absolute Gasteiger partial charge is 0.263 e. The molecule has 4 heteroatoms. The van der Waals surface area contributed by atoms with Crippen molar-refractivity contribution in [2.45, 2.75) is 63.6 Å². The fourth-order valence-electron chi connectivity index (χ4n) is 3.84. The van der Waals surface area contributed by atoms with Crippen molar-refractivity contribution in [2.75, 3.05) is 11.4 Å². The zero-order valence-electron chi connectivity index (χ0n) is 12.8. The van der Waals surface area contributed by atoms with E-state index in [4.69, 9.17) is 0 Å². The van der Waals surface area contributed by atoms with Gasteiger partial charge in [0.05, 0.1) is 0 Å². The molecule has 0 bridgehead atoms. The average Bonchev–Trinajstić information content (AvgIpc) is 2.45. The Hall–Kier alpha value is -1.16. The third kappa shape index (κ3) is 3.05. The van der Waals surface area contributed by atoms with Crippen LogP contribution in [0.1, 0.15) is 51.5 Å². The molecule has 21 heavy (non-hydrogen) atoms. The summed E-state index contributed by atoms with van der Waals surface area (Å²) in [4.78, 5) is 2.43. The molecule has 3 rings (SSSR count). The quantitative estimate of drug-likeness (QED) is 0.882. The zero-order valence-corrected chi connectivity index (χ0v) is 12.8. The number of rotatable bonds is 2. The van der Waals surface area contributed by atoms with Crippen LogP contribution in [0.15, 0.2) is 24.3 Å². The highest BCUT2D eigenvalue weighted by atomic mass is 19.3. The largest absolute Gasteiger partial charge is 0.365 e. The van der Waals surface area contributed by atoms with Gasteiger partial charge in [0.25, 0.3) is 6.43 Å². The monoisotopic (exact) mass is 294 g/mol. The van der Waals surface area contributed by atoms with Gasteiger partial charge in [0.15, 0.2) is 0 Å². The Labute approximate surface area is 125 Å². The minimum absolute atomic E-state index is 0.0554. The molecular weight excluding hydrogens is 270 g/mol. The van der Waals surface area contributed by atoms with E-state index in [1.807, 2.05) is 12.1 Å². The van der Waals surface area contributed by atoms with Gasteiger partial charge in [-0.1, -0.05) is 25.0 Å². The Kier molecular flexibility index (Phi) is 3.91. The van der Waals surface area contributed by atoms with Crippen LogP contribution >= 0.6 is 0 Å². The Morgan fingerprint density at radius 2 is 1.81 bits per heavy atom. The maximum absolute atomic E-state index is 12.7. The molecule has 1 aromatic carbocycles. The average molecular weight is 294 g/mol. The van der Waals surface area contributed by atoms with Crippen LogP contribution in [0.4, 0.5) is 14.5 Å². The van der Waals surface area contributed by atoms with Crippen molar-refractivity contribution in [2.24, 2.45) is 0 Å². The van der Waals surface area contributed by atoms with Gasteiger partial charge in [-0.3, -0.25) is 0 Å². The van der Waals surface area contributed by atoms with Crippen molar-refractivity contribution in [1.29, 1.82) is 0 Å². The minimum Gasteiger partial charge on any atom is -0.365 e. The van der Waals surface area contributed by atoms with E-state index in [2.05, 4.69) is 24.1 Å². The van der Waals surface area contributed by atoms with E-state index in [9.17, 15) is 8.78 Å². The number of piperazine rings is 1. The second-order valence-corrected chi connectivity index (χ2v) is 7.01. The molecule has 2 fully saturated rings. The lowest BCUT2D eigenvalue weighted by Crippen LogP contribution is -2.67. The first kappa shape index (κ1) is 14.8. The zero-order chi connectivity index (χ0) is 15.0. The highest BCUT2D eigenvalue weighted by Gasteiger charge is 2.40. The van der Waals surface area contributed by atoms with Gasteiger partial charge >= 0.3 is 0 Å². The summed E-state index contributed by atoms with van der Waals surface area (Å²) in [6.07, 6.45) is 2.54. The summed E-state index contributed by atoms with van der Waals surface area (Å²) in [7, 11) is 0. The van der Waals surface area contributed by atoms with Crippen molar-refractivity contribution in [1.82, 2.24) is 5.32 Å². The Bertz CT molecular complexity index is 484. The Balaban J connectivity index is 1.86. The molecule has 0 amide bonds. The third-order valence-electron chi connectivity index (χ3n) is 4.75. The van der Waals surface area contributed by atoms with Gasteiger partial charge < -0.3 is 10.2 Å². The van der Waals surface area contributed by atoms with Crippen molar-refractivity contribution >= 4 is 5.69 Å². The normalized spacial score (nSPS) is 28.5. The number of anilines is 1. The van der Waals surface area contributed by atoms with Gasteiger partial charge in [0, 0.05) is 35.4 Å². The van der Waals surface area contributed by atoms with Crippen LogP contribution in [0.2, 0.25) is 0 Å². The molecule has 0 spiro atoms. The van der Waals surface area contributed by atoms with E-state index in [0.29, 0.717) is 12.1 Å². The minimum atomic E-state index is -2.39. The molecule has 0 aromatic heterocycles. The second kappa shape index (κ2) is 5.56. The number of benzene rings is 1. The van der Waals surface area contributed by atoms with Crippen LogP contribution in [-0.2, 0) is 0 Å². The van der Waals surface area contributed by atoms with Gasteiger partial charge in [-0.25, -0.2) is 8.78 Å². The maximum Gasteiger partial charge on any atom is 0.263 e. The number of hydrogen-bond acceptors (Lipinski definition) is 2. The molecule has 116 valence electrons. The lowest BCUT2D eigenvalue weighted by Gasteiger charge is -2.52. The standard InChI is InChI=1S/C17H24F2N2/c1-17(2)11-21(15-6-4-3-5-14(15)20-17)13-9-7-12(8-10-13)16(18)19/h7-10,14-16,20H,3-6,11H2,1-2H3/t14-,15-/m0/s1. The first-order valence-corrected chi connectivity index (χ1v) is 7.89. The molecule has 2 aliphatic rings. The summed E-state index contributed by atoms with van der Waals surface area (Å²) in [6.45, 7) is 5.36. The van der Waals surface area contributed by atoms with Crippen LogP contribution < -0.4 is 10.2 Å². The summed E-state index contributed by atoms with van der Waals surface area (Å²) < 4.78 is 25.4. The van der Waals surface area contributed by atoms with E-state index in [1.165, 1.54) is 25.7 Å². The number of halogens is 2. The molecule has 1 aliphatic carbocycles. The summed E-state index contributed by atoms with van der Waals surface area (Å²) in [6, 6.07) is 7.84. The van der Waals surface area contributed by atoms with Crippen molar-refractivity contribution in [3.8, 4) is 0 Å². The number of hydrogen-bond donors (Lipinski definition) is 1. The molecular formula is C17H24F2N2. The summed E-state index contributed by atoms with van der Waals surface area (Å²) >= 11 is 0. The summed E-state index contributed by atoms with van der Waals surface area (Å²) in [5, 5.41) is 3.76. The van der Waals surface area contributed by atoms with Crippen LogP contribution in [0.3, 0.4) is 0 Å². The predicted molar refractivity (Wildman–Crippen MR) is 82.0 cm³/mol. The first-order valence-electron chi connectivity index (χ1n) is 7.89. The number of nitrogens with zero attached hydrogens (tertiary/aromatic N) is 1. The highest BCUT2D eigenvalue weighted by Crippen LogP contribution is 2.34. The molecule has 2 atom stereocenters. The van der Waals surface area contributed by atoms with Crippen LogP contribution in [0, 0.1) is 0 Å². The predicted octanol–water partition coefficient (Wildman–Crippen LogP) is 4.12. The number of fused-ring (bicyclic) bond motifs is 1. The number of nitrogens with one attached hydrogen (secondary N) is 1. The molecule has 0 radical (unpaired) electrons. The first-order chi connectivity index (χ1) is 9.96. The molecule has 1 aromatic rings. The highest BCUT2D eigenvalue weighted by molar-refractivity contribution is 5.50. The fourth-order valence-corrected chi connectivity index (χ4v) is 3.84. The van der Waals surface area contributed by atoms with E-state index < -0.39 is 6.43 Å². The van der Waals surface area contributed by atoms with Crippen LogP contribution in [0.5, 0.6) is 0 Å². The lowest BCUT2D eigenvalue weighted by atomic mass is 9.83. The fraction of sp³-hybridized carbons (Fsp3) is 0.647. The lowest BCUT2D eigenvalue weighted by molar-refractivity contribution is 0.151. The topological polar surface area (TPSA) is 15.3 Å². The van der Waals surface area contributed by atoms with Gasteiger partial charge in [-0.05, 0) is 38.8 Å². The Morgan fingerprint density at radius 3 is 2.48 bits per heavy atom. The third-order valence-corrected chi connectivity index (χ3v) is 4.75. The number of alkyl halides is 2. The molecule has 1 heterocycles. The van der Waals surface area contributed by atoms with Crippen molar-refractivity contribution in [3.63, 3.8) is 0 Å². The van der Waals surface area contributed by atoms with Crippen LogP contribution in [-0.4, -0.2) is 24.2 Å². The Morgan fingerprint density at radius 1 is 1.14 bits per heavy atom. The van der Waals surface area contributed by atoms with E-state index in [0.717, 1.165) is 12.2 Å². The van der Waals surface area contributed by atoms with Gasteiger partial charge in [-0.15, -0.1) is 0 Å². The van der Waals surface area contributed by atoms with Gasteiger partial charge in [0.2, 0.25) is 0 Å². The molecule has 2 nitrogen and oxygen atoms in total. The van der Waals surface area contributed by atoms with E-state index >= 15 is 0 Å². The molecule has 1 N–H and O–H groups in total. The van der Waals surface area contributed by atoms with Crippen molar-refractivity contribution < 1.29 is 8.78 Å². The van der Waals surface area contributed by atoms with Gasteiger partial charge in [-0.2, -0.15) is 0 Å². The SMILES string of the molecule is CC1(C)CN(c2ccc(C(F)F)cc2)[C@H]2CCCC[C@@H]2N1. The molecule has 1 saturated carbocycles. The van der Waals surface area contributed by atoms with Gasteiger partial charge in [0.1, 0.15) is 0 Å². The second-order valence-electron chi connectivity index (χ2n) is 7.01. The summed E-state index contributed by atoms with van der Waals surface area (Å²) in [5.74, 6) is 0. The molecule has 1 saturated heterocycles. The van der Waals surface area contributed by atoms with Crippen molar-refractivity contribution in [3.05, 3.63) is 29.8 Å². The van der Waals surface area contributed by atoms with Crippen LogP contribution in [0.25, 0.3) is 0 Å². The van der Waals surface area contributed by atoms with E-state index in [-0.39, 0.29) is 11.1 Å². The molecule has 0 unspecified atom stereocenters. The maximum atomic E-state index is 12.7. The summed E-state index contributed by atoms with van der Waals surface area (Å²) in [5.41, 5.74) is 1.24. The van der Waals surface area contributed by atoms with E-state index in [1.54, 1.807) is 12.1 Å².